The van der Waals surface area contributed by atoms with E-state index in [0.29, 0.717) is 17.4 Å². The van der Waals surface area contributed by atoms with Crippen LogP contribution in [0.15, 0.2) is 22.9 Å². The van der Waals surface area contributed by atoms with E-state index in [1.165, 1.54) is 0 Å². The summed E-state index contributed by atoms with van der Waals surface area (Å²) in [7, 11) is 1.71. The average molecular weight is 248 g/mol. The molecule has 2 aromatic heterocycles. The molecule has 0 aliphatic carbocycles. The Hall–Kier alpha value is -1.82. The lowest BCUT2D eigenvalue weighted by atomic mass is 10.2. The van der Waals surface area contributed by atoms with E-state index in [2.05, 4.69) is 20.3 Å². The molecule has 0 aliphatic heterocycles. The topological polar surface area (TPSA) is 73.9 Å². The summed E-state index contributed by atoms with van der Waals surface area (Å²) in [5.41, 5.74) is 0.631. The molecule has 0 radical (unpaired) electrons. The van der Waals surface area contributed by atoms with E-state index in [1.54, 1.807) is 25.4 Å². The summed E-state index contributed by atoms with van der Waals surface area (Å²) < 4.78 is 10.2. The van der Waals surface area contributed by atoms with Gasteiger partial charge in [0.05, 0.1) is 0 Å². The first-order chi connectivity index (χ1) is 8.90. The average Bonchev–Trinajstić information content (AvgIpc) is 2.88. The number of nitrogens with zero attached hydrogens (tertiary/aromatic N) is 4. The second-order valence-corrected chi connectivity index (χ2v) is 3.92. The van der Waals surface area contributed by atoms with Crippen LogP contribution in [0.2, 0.25) is 0 Å². The first-order valence-electron chi connectivity index (χ1n) is 6.00. The number of aromatic nitrogens is 4. The number of methoxy groups -OCH3 is 1. The van der Waals surface area contributed by atoms with E-state index in [1.807, 2.05) is 0 Å². The fourth-order valence-electron chi connectivity index (χ4n) is 1.58. The summed E-state index contributed by atoms with van der Waals surface area (Å²) in [5, 5.41) is 11.6. The Morgan fingerprint density at radius 1 is 1.28 bits per heavy atom. The fourth-order valence-corrected chi connectivity index (χ4v) is 1.58. The van der Waals surface area contributed by atoms with E-state index >= 15 is 0 Å². The van der Waals surface area contributed by atoms with Crippen LogP contribution in [-0.2, 0) is 11.2 Å². The third kappa shape index (κ3) is 3.59. The molecule has 6 heteroatoms. The van der Waals surface area contributed by atoms with Crippen LogP contribution in [0.25, 0.3) is 11.5 Å². The molecule has 2 heterocycles. The molecule has 0 bridgehead atoms. The molecule has 0 aliphatic rings. The lowest BCUT2D eigenvalue weighted by molar-refractivity contribution is 0.192. The second kappa shape index (κ2) is 6.80. The van der Waals surface area contributed by atoms with Gasteiger partial charge in [-0.15, -0.1) is 5.10 Å². The van der Waals surface area contributed by atoms with Crippen molar-refractivity contribution in [3.63, 3.8) is 0 Å². The highest BCUT2D eigenvalue weighted by atomic mass is 16.5. The van der Waals surface area contributed by atoms with Crippen molar-refractivity contribution in [3.05, 3.63) is 24.2 Å². The van der Waals surface area contributed by atoms with Crippen LogP contribution >= 0.6 is 0 Å². The van der Waals surface area contributed by atoms with E-state index in [-0.39, 0.29) is 0 Å². The molecule has 0 fully saturated rings. The third-order valence-corrected chi connectivity index (χ3v) is 2.51. The first kappa shape index (κ1) is 12.6. The number of hydrogen-bond donors (Lipinski definition) is 0. The van der Waals surface area contributed by atoms with Gasteiger partial charge >= 0.3 is 0 Å². The molecule has 0 spiro atoms. The Labute approximate surface area is 105 Å². The largest absolute Gasteiger partial charge is 0.385 e. The minimum atomic E-state index is 0.495. The van der Waals surface area contributed by atoms with E-state index in [0.717, 1.165) is 32.3 Å². The molecule has 2 aromatic rings. The minimum absolute atomic E-state index is 0.495. The second-order valence-electron chi connectivity index (χ2n) is 3.92. The lowest BCUT2D eigenvalue weighted by Gasteiger charge is -1.96. The molecule has 6 nitrogen and oxygen atoms in total. The lowest BCUT2D eigenvalue weighted by Crippen LogP contribution is -1.91. The van der Waals surface area contributed by atoms with Crippen LogP contribution in [0.1, 0.15) is 25.2 Å². The monoisotopic (exact) mass is 248 g/mol. The van der Waals surface area contributed by atoms with Gasteiger partial charge in [0.15, 0.2) is 0 Å². The van der Waals surface area contributed by atoms with Crippen molar-refractivity contribution in [2.75, 3.05) is 13.7 Å². The van der Waals surface area contributed by atoms with E-state index < -0.39 is 0 Å². The van der Waals surface area contributed by atoms with Gasteiger partial charge in [-0.05, 0) is 25.0 Å². The number of ether oxygens (including phenoxy) is 1. The van der Waals surface area contributed by atoms with Gasteiger partial charge in [-0.25, -0.2) is 0 Å². The molecule has 0 saturated carbocycles. The fraction of sp³-hybridized carbons (Fsp3) is 0.500. The Morgan fingerprint density at radius 2 is 2.22 bits per heavy atom. The predicted molar refractivity (Wildman–Crippen MR) is 64.8 cm³/mol. The number of unbranched alkanes of at least 4 members (excludes halogenated alkanes) is 2. The maximum absolute atomic E-state index is 5.17. The first-order valence-corrected chi connectivity index (χ1v) is 6.00. The van der Waals surface area contributed by atoms with Gasteiger partial charge in [-0.1, -0.05) is 11.6 Å². The maximum atomic E-state index is 5.17. The Balaban J connectivity index is 1.83. The van der Waals surface area contributed by atoms with Crippen LogP contribution in [0.4, 0.5) is 0 Å². The highest BCUT2D eigenvalue weighted by molar-refractivity contribution is 5.46. The van der Waals surface area contributed by atoms with Crippen LogP contribution in [0, 0.1) is 0 Å². The summed E-state index contributed by atoms with van der Waals surface area (Å²) >= 11 is 0. The van der Waals surface area contributed by atoms with E-state index in [4.69, 9.17) is 9.26 Å². The molecule has 96 valence electrons. The molecular formula is C12H16N4O2. The zero-order valence-corrected chi connectivity index (χ0v) is 10.4. The van der Waals surface area contributed by atoms with Gasteiger partial charge in [-0.2, -0.15) is 10.1 Å². The maximum Gasteiger partial charge on any atom is 0.227 e. The zero-order valence-electron chi connectivity index (χ0n) is 10.4. The van der Waals surface area contributed by atoms with Crippen LogP contribution in [-0.4, -0.2) is 34.1 Å². The van der Waals surface area contributed by atoms with Crippen LogP contribution < -0.4 is 0 Å². The summed E-state index contributed by atoms with van der Waals surface area (Å²) in [4.78, 5) is 4.29. The summed E-state index contributed by atoms with van der Waals surface area (Å²) in [5.74, 6) is 1.14. The van der Waals surface area contributed by atoms with Crippen LogP contribution in [0.3, 0.4) is 0 Å². The predicted octanol–water partition coefficient (Wildman–Crippen LogP) is 1.89. The van der Waals surface area contributed by atoms with Gasteiger partial charge in [-0.3, -0.25) is 0 Å². The minimum Gasteiger partial charge on any atom is -0.385 e. The molecule has 0 atom stereocenters. The van der Waals surface area contributed by atoms with Crippen molar-refractivity contribution in [2.45, 2.75) is 25.7 Å². The van der Waals surface area contributed by atoms with Crippen molar-refractivity contribution < 1.29 is 9.26 Å². The Kier molecular flexibility index (Phi) is 4.78. The normalized spacial score (nSPS) is 10.7. The Morgan fingerprint density at radius 3 is 3.00 bits per heavy atom. The van der Waals surface area contributed by atoms with Crippen LogP contribution in [0.5, 0.6) is 0 Å². The summed E-state index contributed by atoms with van der Waals surface area (Å²) in [6.45, 7) is 0.800. The molecule has 0 unspecified atom stereocenters. The highest BCUT2D eigenvalue weighted by Crippen LogP contribution is 2.12. The van der Waals surface area contributed by atoms with Crippen molar-refractivity contribution >= 4 is 0 Å². The van der Waals surface area contributed by atoms with Gasteiger partial charge in [0.25, 0.3) is 0 Å². The van der Waals surface area contributed by atoms with Gasteiger partial charge < -0.3 is 9.26 Å². The molecular weight excluding hydrogens is 232 g/mol. The molecule has 0 aromatic carbocycles. The van der Waals surface area contributed by atoms with Crippen molar-refractivity contribution in [3.8, 4) is 11.5 Å². The van der Waals surface area contributed by atoms with Crippen molar-refractivity contribution in [2.24, 2.45) is 0 Å². The molecule has 0 saturated heterocycles. The van der Waals surface area contributed by atoms with Gasteiger partial charge in [0, 0.05) is 26.3 Å². The summed E-state index contributed by atoms with van der Waals surface area (Å²) in [6, 6.07) is 3.60. The van der Waals surface area contributed by atoms with E-state index in [9.17, 15) is 0 Å². The SMILES string of the molecule is COCCCCCc1nc(-c2cccnn2)no1. The molecule has 18 heavy (non-hydrogen) atoms. The van der Waals surface area contributed by atoms with Gasteiger partial charge in [0.1, 0.15) is 5.69 Å². The number of rotatable bonds is 7. The van der Waals surface area contributed by atoms with Crippen molar-refractivity contribution in [1.82, 2.24) is 20.3 Å². The molecule has 0 N–H and O–H groups in total. The molecule has 2 rings (SSSR count). The Bertz CT molecular complexity index is 458. The summed E-state index contributed by atoms with van der Waals surface area (Å²) in [6.07, 6.45) is 5.57. The number of aryl methyl sites for hydroxylation is 1. The highest BCUT2D eigenvalue weighted by Gasteiger charge is 2.09. The quantitative estimate of drug-likeness (QED) is 0.696. The third-order valence-electron chi connectivity index (χ3n) is 2.51. The van der Waals surface area contributed by atoms with Crippen molar-refractivity contribution in [1.29, 1.82) is 0 Å². The number of hydrogen-bond acceptors (Lipinski definition) is 6. The van der Waals surface area contributed by atoms with Gasteiger partial charge in [0.2, 0.25) is 11.7 Å². The zero-order chi connectivity index (χ0) is 12.6. The standard InChI is InChI=1S/C12H16N4O2/c1-17-9-4-2-3-7-11-14-12(16-18-11)10-6-5-8-13-15-10/h5-6,8H,2-4,7,9H2,1H3. The smallest absolute Gasteiger partial charge is 0.227 e. The molecule has 0 amide bonds.